The summed E-state index contributed by atoms with van der Waals surface area (Å²) in [6.45, 7) is 1.05. The molecule has 0 spiro atoms. The van der Waals surface area contributed by atoms with Crippen molar-refractivity contribution in [2.75, 3.05) is 24.8 Å². The zero-order chi connectivity index (χ0) is 13.7. The molecule has 102 valence electrons. The maximum atomic E-state index is 11.5. The van der Waals surface area contributed by atoms with Crippen LogP contribution in [0.2, 0.25) is 0 Å². The van der Waals surface area contributed by atoms with Crippen molar-refractivity contribution in [2.45, 2.75) is 0 Å². The first-order chi connectivity index (χ1) is 9.24. The summed E-state index contributed by atoms with van der Waals surface area (Å²) in [5, 5.41) is 9.47. The van der Waals surface area contributed by atoms with E-state index >= 15 is 0 Å². The van der Waals surface area contributed by atoms with Crippen molar-refractivity contribution in [3.8, 4) is 0 Å². The number of hydrogen-bond acceptors (Lipinski definition) is 5. The summed E-state index contributed by atoms with van der Waals surface area (Å²) in [5.74, 6) is 1.03. The summed E-state index contributed by atoms with van der Waals surface area (Å²) in [5.41, 5.74) is 0.244. The van der Waals surface area contributed by atoms with Crippen LogP contribution < -0.4 is 5.56 Å². The van der Waals surface area contributed by atoms with Crippen LogP contribution in [0.5, 0.6) is 0 Å². The van der Waals surface area contributed by atoms with Crippen molar-refractivity contribution in [3.63, 3.8) is 0 Å². The van der Waals surface area contributed by atoms with Crippen molar-refractivity contribution in [3.05, 3.63) is 16.7 Å². The van der Waals surface area contributed by atoms with Crippen LogP contribution in [0.3, 0.4) is 0 Å². The second kappa shape index (κ2) is 6.48. The number of aromatic nitrogens is 4. The Kier molecular flexibility index (Phi) is 4.69. The van der Waals surface area contributed by atoms with Gasteiger partial charge in [0.25, 0.3) is 11.5 Å². The number of alkyl halides is 2. The van der Waals surface area contributed by atoms with Gasteiger partial charge in [0.15, 0.2) is 11.2 Å². The number of aromatic amines is 2. The fourth-order valence-electron chi connectivity index (χ4n) is 1.38. The van der Waals surface area contributed by atoms with Gasteiger partial charge in [-0.1, -0.05) is 10.3 Å². The van der Waals surface area contributed by atoms with E-state index in [0.717, 1.165) is 0 Å². The second-order valence-electron chi connectivity index (χ2n) is 3.51. The molecule has 0 fully saturated rings. The van der Waals surface area contributed by atoms with Gasteiger partial charge in [0, 0.05) is 11.8 Å². The van der Waals surface area contributed by atoms with Crippen molar-refractivity contribution in [1.82, 2.24) is 24.9 Å². The van der Waals surface area contributed by atoms with Crippen LogP contribution in [0.25, 0.3) is 11.2 Å². The second-order valence-corrected chi connectivity index (χ2v) is 4.27. The normalized spacial score (nSPS) is 11.5. The van der Waals surface area contributed by atoms with Gasteiger partial charge in [-0.3, -0.25) is 9.80 Å². The fraction of sp³-hybridized carbons (Fsp3) is 0.444. The summed E-state index contributed by atoms with van der Waals surface area (Å²) in [6, 6.07) is 0. The van der Waals surface area contributed by atoms with Gasteiger partial charge in [0.1, 0.15) is 0 Å². The van der Waals surface area contributed by atoms with Crippen LogP contribution in [0.4, 0.5) is 5.95 Å². The Morgan fingerprint density at radius 3 is 2.68 bits per heavy atom. The Morgan fingerprint density at radius 1 is 1.32 bits per heavy atom. The minimum absolute atomic E-state index is 0.202. The molecule has 2 heterocycles. The molecular weight excluding hydrogens is 293 g/mol. The number of nitrogens with zero attached hydrogens (tertiary/aromatic N) is 5. The average molecular weight is 304 g/mol. The molecule has 8 nitrogen and oxygen atoms in total. The van der Waals surface area contributed by atoms with E-state index in [9.17, 15) is 4.79 Å². The maximum Gasteiger partial charge on any atom is 0.276 e. The van der Waals surface area contributed by atoms with Crippen LogP contribution in [0.1, 0.15) is 0 Å². The van der Waals surface area contributed by atoms with E-state index < -0.39 is 0 Å². The third kappa shape index (κ3) is 3.42. The number of H-pyrrole nitrogens is 2. The zero-order valence-electron chi connectivity index (χ0n) is 9.81. The van der Waals surface area contributed by atoms with Crippen LogP contribution in [-0.2, 0) is 0 Å². The van der Waals surface area contributed by atoms with Gasteiger partial charge >= 0.3 is 0 Å². The Morgan fingerprint density at radius 2 is 2.05 bits per heavy atom. The molecule has 0 amide bonds. The highest BCUT2D eigenvalue weighted by atomic mass is 35.5. The van der Waals surface area contributed by atoms with Gasteiger partial charge in [0.05, 0.1) is 19.4 Å². The standard InChI is InChI=1S/C9H11Cl2N7O/c10-1-3-18(4-2-11)17-16-9-14-6-7(15-9)12-5-13-8(6)19/h5H,1-4H2,(H2,12,13,14,15,19). The lowest BCUT2D eigenvalue weighted by atomic mass is 10.6. The SMILES string of the molecule is O=c1[nH]cnc2nc(N=NN(CCCl)CCCl)[nH]c12. The Balaban J connectivity index is 2.20. The Labute approximate surface area is 117 Å². The van der Waals surface area contributed by atoms with Gasteiger partial charge < -0.3 is 9.97 Å². The maximum absolute atomic E-state index is 11.5. The predicted molar refractivity (Wildman–Crippen MR) is 72.0 cm³/mol. The fourth-order valence-corrected chi connectivity index (χ4v) is 1.77. The molecule has 10 heteroatoms. The van der Waals surface area contributed by atoms with Crippen molar-refractivity contribution < 1.29 is 0 Å². The van der Waals surface area contributed by atoms with E-state index in [1.54, 1.807) is 5.01 Å². The van der Waals surface area contributed by atoms with E-state index in [-0.39, 0.29) is 17.0 Å². The van der Waals surface area contributed by atoms with E-state index in [2.05, 4.69) is 30.3 Å². The first-order valence-electron chi connectivity index (χ1n) is 5.46. The third-order valence-corrected chi connectivity index (χ3v) is 2.57. The quantitative estimate of drug-likeness (QED) is 0.478. The summed E-state index contributed by atoms with van der Waals surface area (Å²) < 4.78 is 0. The molecular formula is C9H11Cl2N7O. The summed E-state index contributed by atoms with van der Waals surface area (Å²) in [6.07, 6.45) is 1.28. The lowest BCUT2D eigenvalue weighted by Crippen LogP contribution is -2.21. The molecule has 0 aliphatic carbocycles. The summed E-state index contributed by atoms with van der Waals surface area (Å²) >= 11 is 11.3. The van der Waals surface area contributed by atoms with Gasteiger partial charge in [-0.2, -0.15) is 4.98 Å². The number of rotatable bonds is 6. The van der Waals surface area contributed by atoms with Gasteiger partial charge in [-0.05, 0) is 0 Å². The van der Waals surface area contributed by atoms with Crippen LogP contribution >= 0.6 is 23.2 Å². The Hall–Kier alpha value is -1.67. The van der Waals surface area contributed by atoms with Crippen molar-refractivity contribution >= 4 is 40.3 Å². The van der Waals surface area contributed by atoms with Gasteiger partial charge in [0.2, 0.25) is 0 Å². The molecule has 19 heavy (non-hydrogen) atoms. The number of hydrogen-bond donors (Lipinski definition) is 2. The first-order valence-corrected chi connectivity index (χ1v) is 6.53. The summed E-state index contributed by atoms with van der Waals surface area (Å²) in [7, 11) is 0. The molecule has 0 saturated heterocycles. The van der Waals surface area contributed by atoms with Gasteiger partial charge in [-0.15, -0.1) is 23.2 Å². The number of imidazole rings is 1. The lowest BCUT2D eigenvalue weighted by molar-refractivity contribution is 0.303. The topological polar surface area (TPSA) is 102 Å². The van der Waals surface area contributed by atoms with Gasteiger partial charge in [-0.25, -0.2) is 4.98 Å². The molecule has 2 aromatic rings. The van der Waals surface area contributed by atoms with Crippen LogP contribution in [0.15, 0.2) is 21.5 Å². The molecule has 0 radical (unpaired) electrons. The van der Waals surface area contributed by atoms with E-state index in [4.69, 9.17) is 23.2 Å². The third-order valence-electron chi connectivity index (χ3n) is 2.23. The van der Waals surface area contributed by atoms with Crippen LogP contribution in [-0.4, -0.2) is 49.8 Å². The molecule has 0 aliphatic rings. The molecule has 0 atom stereocenters. The zero-order valence-corrected chi connectivity index (χ0v) is 11.3. The summed E-state index contributed by atoms with van der Waals surface area (Å²) in [4.78, 5) is 24.6. The minimum atomic E-state index is -0.308. The highest BCUT2D eigenvalue weighted by Crippen LogP contribution is 2.11. The van der Waals surface area contributed by atoms with E-state index in [1.807, 2.05) is 0 Å². The van der Waals surface area contributed by atoms with Crippen molar-refractivity contribution in [2.24, 2.45) is 10.3 Å². The highest BCUT2D eigenvalue weighted by molar-refractivity contribution is 6.18. The molecule has 2 aromatic heterocycles. The molecule has 0 aliphatic heterocycles. The molecule has 0 saturated carbocycles. The molecule has 2 rings (SSSR count). The highest BCUT2D eigenvalue weighted by Gasteiger charge is 2.06. The monoisotopic (exact) mass is 303 g/mol. The smallest absolute Gasteiger partial charge is 0.276 e. The predicted octanol–water partition coefficient (Wildman–Crippen LogP) is 1.42. The van der Waals surface area contributed by atoms with Crippen molar-refractivity contribution in [1.29, 1.82) is 0 Å². The molecule has 0 bridgehead atoms. The minimum Gasteiger partial charge on any atom is -0.315 e. The largest absolute Gasteiger partial charge is 0.315 e. The number of halogens is 2. The molecule has 0 unspecified atom stereocenters. The number of fused-ring (bicyclic) bond motifs is 1. The molecule has 2 N–H and O–H groups in total. The lowest BCUT2D eigenvalue weighted by Gasteiger charge is -2.13. The van der Waals surface area contributed by atoms with E-state index in [1.165, 1.54) is 6.33 Å². The average Bonchev–Trinajstić information content (AvgIpc) is 2.81. The number of nitrogens with one attached hydrogen (secondary N) is 2. The molecule has 0 aromatic carbocycles. The van der Waals surface area contributed by atoms with E-state index in [0.29, 0.717) is 30.5 Å². The first kappa shape index (κ1) is 13.8. The van der Waals surface area contributed by atoms with Crippen LogP contribution in [0, 0.1) is 0 Å². The Bertz CT molecular complexity index is 616.